The maximum Gasteiger partial charge on any atom is 0.361 e. The van der Waals surface area contributed by atoms with Gasteiger partial charge >= 0.3 is 5.97 Å². The van der Waals surface area contributed by atoms with Crippen molar-refractivity contribution in [3.05, 3.63) is 11.4 Å². The van der Waals surface area contributed by atoms with E-state index < -0.39 is 11.6 Å². The van der Waals surface area contributed by atoms with Crippen molar-refractivity contribution in [3.63, 3.8) is 0 Å². The fourth-order valence-electron chi connectivity index (χ4n) is 1.59. The fourth-order valence-corrected chi connectivity index (χ4v) is 1.59. The van der Waals surface area contributed by atoms with Crippen molar-refractivity contribution in [1.82, 2.24) is 15.0 Å². The quantitative estimate of drug-likeness (QED) is 0.754. The fraction of sp³-hybridized carbons (Fsp3) is 0.750. The Balaban J connectivity index is 2.10. The van der Waals surface area contributed by atoms with Gasteiger partial charge in [-0.15, -0.1) is 5.10 Å². The van der Waals surface area contributed by atoms with E-state index in [1.807, 2.05) is 27.7 Å². The number of aromatic nitrogens is 3. The van der Waals surface area contributed by atoms with E-state index in [9.17, 15) is 4.79 Å². The molecule has 0 N–H and O–H groups in total. The Morgan fingerprint density at radius 3 is 2.65 bits per heavy atom. The molecule has 17 heavy (non-hydrogen) atoms. The molecule has 0 amide bonds. The molecule has 0 aliphatic heterocycles. The Kier molecular flexibility index (Phi) is 2.93. The van der Waals surface area contributed by atoms with Crippen LogP contribution in [-0.2, 0) is 11.3 Å². The van der Waals surface area contributed by atoms with Gasteiger partial charge in [0.1, 0.15) is 5.60 Å². The number of carbonyl (C=O) groups excluding carboxylic acids is 1. The predicted octanol–water partition coefficient (Wildman–Crippen LogP) is 1.95. The minimum atomic E-state index is -0.496. The molecule has 1 aromatic rings. The van der Waals surface area contributed by atoms with Crippen molar-refractivity contribution in [2.24, 2.45) is 5.92 Å². The number of carbonyl (C=O) groups is 1. The summed E-state index contributed by atoms with van der Waals surface area (Å²) in [6.07, 6.45) is 2.50. The summed E-state index contributed by atoms with van der Waals surface area (Å²) >= 11 is 0. The second-order valence-electron chi connectivity index (χ2n) is 5.65. The molecule has 0 saturated heterocycles. The molecule has 1 saturated carbocycles. The zero-order chi connectivity index (χ0) is 12.6. The van der Waals surface area contributed by atoms with Gasteiger partial charge in [-0.3, -0.25) is 0 Å². The van der Waals surface area contributed by atoms with Gasteiger partial charge in [0.05, 0.1) is 5.69 Å². The number of rotatable bonds is 3. The zero-order valence-corrected chi connectivity index (χ0v) is 10.9. The van der Waals surface area contributed by atoms with E-state index in [2.05, 4.69) is 10.3 Å². The third-order valence-electron chi connectivity index (χ3n) is 2.70. The molecule has 1 aliphatic rings. The van der Waals surface area contributed by atoms with Gasteiger partial charge in [-0.25, -0.2) is 9.48 Å². The minimum absolute atomic E-state index is 0.334. The second-order valence-corrected chi connectivity index (χ2v) is 5.65. The molecule has 1 heterocycles. The van der Waals surface area contributed by atoms with Crippen LogP contribution in [0.3, 0.4) is 0 Å². The molecule has 5 nitrogen and oxygen atoms in total. The summed E-state index contributed by atoms with van der Waals surface area (Å²) in [6.45, 7) is 8.25. The van der Waals surface area contributed by atoms with E-state index in [0.29, 0.717) is 11.6 Å². The Morgan fingerprint density at radius 1 is 1.47 bits per heavy atom. The van der Waals surface area contributed by atoms with Crippen LogP contribution in [0.2, 0.25) is 0 Å². The highest BCUT2D eigenvalue weighted by molar-refractivity contribution is 5.88. The average molecular weight is 237 g/mol. The standard InChI is InChI=1S/C12H19N3O2/c1-8-10(11(16)17-12(2,3)4)13-14-15(8)7-9-5-6-9/h9H,5-7H2,1-4H3. The monoisotopic (exact) mass is 237 g/mol. The highest BCUT2D eigenvalue weighted by Gasteiger charge is 2.27. The van der Waals surface area contributed by atoms with Crippen molar-refractivity contribution < 1.29 is 9.53 Å². The van der Waals surface area contributed by atoms with E-state index in [1.54, 1.807) is 4.68 Å². The van der Waals surface area contributed by atoms with Crippen LogP contribution in [0.1, 0.15) is 49.8 Å². The smallest absolute Gasteiger partial charge is 0.361 e. The number of ether oxygens (including phenoxy) is 1. The summed E-state index contributed by atoms with van der Waals surface area (Å²) in [5.41, 5.74) is 0.635. The first-order valence-electron chi connectivity index (χ1n) is 6.00. The van der Waals surface area contributed by atoms with Gasteiger partial charge in [0.15, 0.2) is 5.69 Å². The van der Waals surface area contributed by atoms with Crippen LogP contribution in [0.5, 0.6) is 0 Å². The summed E-state index contributed by atoms with van der Waals surface area (Å²) in [7, 11) is 0. The Labute approximate surface area is 101 Å². The maximum absolute atomic E-state index is 11.9. The van der Waals surface area contributed by atoms with E-state index in [-0.39, 0.29) is 0 Å². The van der Waals surface area contributed by atoms with Gasteiger partial charge < -0.3 is 4.74 Å². The van der Waals surface area contributed by atoms with Gasteiger partial charge in [-0.05, 0) is 46.5 Å². The number of hydrogen-bond acceptors (Lipinski definition) is 4. The Hall–Kier alpha value is -1.39. The molecule has 0 radical (unpaired) electrons. The van der Waals surface area contributed by atoms with Crippen LogP contribution in [0.4, 0.5) is 0 Å². The second kappa shape index (κ2) is 4.13. The lowest BCUT2D eigenvalue weighted by Crippen LogP contribution is -2.24. The molecular weight excluding hydrogens is 218 g/mol. The highest BCUT2D eigenvalue weighted by atomic mass is 16.6. The van der Waals surface area contributed by atoms with E-state index in [4.69, 9.17) is 4.74 Å². The molecule has 1 fully saturated rings. The van der Waals surface area contributed by atoms with E-state index >= 15 is 0 Å². The number of nitrogens with zero attached hydrogens (tertiary/aromatic N) is 3. The Bertz CT molecular complexity index is 427. The molecule has 94 valence electrons. The molecule has 5 heteroatoms. The molecule has 0 atom stereocenters. The van der Waals surface area contributed by atoms with Crippen molar-refractivity contribution in [2.75, 3.05) is 0 Å². The first-order valence-corrected chi connectivity index (χ1v) is 6.00. The first kappa shape index (κ1) is 12.1. The lowest BCUT2D eigenvalue weighted by Gasteiger charge is -2.18. The van der Waals surface area contributed by atoms with E-state index in [0.717, 1.165) is 12.2 Å². The lowest BCUT2D eigenvalue weighted by molar-refractivity contribution is 0.00618. The summed E-state index contributed by atoms with van der Waals surface area (Å²) in [5, 5.41) is 7.93. The van der Waals surface area contributed by atoms with Gasteiger partial charge in [-0.1, -0.05) is 5.21 Å². The third-order valence-corrected chi connectivity index (χ3v) is 2.70. The van der Waals surface area contributed by atoms with Gasteiger partial charge in [0.25, 0.3) is 0 Å². The molecule has 1 aliphatic carbocycles. The summed E-state index contributed by atoms with van der Waals surface area (Å²) in [5.74, 6) is 0.318. The van der Waals surface area contributed by atoms with Crippen molar-refractivity contribution in [1.29, 1.82) is 0 Å². The topological polar surface area (TPSA) is 57.0 Å². The first-order chi connectivity index (χ1) is 7.87. The molecule has 0 unspecified atom stereocenters. The summed E-state index contributed by atoms with van der Waals surface area (Å²) < 4.78 is 7.09. The third kappa shape index (κ3) is 3.05. The highest BCUT2D eigenvalue weighted by Crippen LogP contribution is 2.30. The molecule has 0 bridgehead atoms. The van der Waals surface area contributed by atoms with Crippen LogP contribution < -0.4 is 0 Å². The summed E-state index contributed by atoms with van der Waals surface area (Å²) in [6, 6.07) is 0. The zero-order valence-electron chi connectivity index (χ0n) is 10.9. The van der Waals surface area contributed by atoms with Gasteiger partial charge in [-0.2, -0.15) is 0 Å². The van der Waals surface area contributed by atoms with E-state index in [1.165, 1.54) is 12.8 Å². The normalized spacial score (nSPS) is 16.0. The Morgan fingerprint density at radius 2 is 2.12 bits per heavy atom. The van der Waals surface area contributed by atoms with Crippen LogP contribution >= 0.6 is 0 Å². The van der Waals surface area contributed by atoms with Gasteiger partial charge in [0.2, 0.25) is 0 Å². The van der Waals surface area contributed by atoms with Crippen molar-refractivity contribution >= 4 is 5.97 Å². The van der Waals surface area contributed by atoms with Gasteiger partial charge in [0, 0.05) is 6.54 Å². The number of esters is 1. The maximum atomic E-state index is 11.9. The van der Waals surface area contributed by atoms with Crippen LogP contribution in [0.25, 0.3) is 0 Å². The minimum Gasteiger partial charge on any atom is -0.455 e. The van der Waals surface area contributed by atoms with Crippen molar-refractivity contribution in [3.8, 4) is 0 Å². The molecular formula is C12H19N3O2. The SMILES string of the molecule is Cc1c(C(=O)OC(C)(C)C)nnn1CC1CC1. The average Bonchev–Trinajstić information content (AvgIpc) is 2.90. The van der Waals surface area contributed by atoms with Crippen LogP contribution in [-0.4, -0.2) is 26.6 Å². The molecule has 1 aromatic heterocycles. The van der Waals surface area contributed by atoms with Crippen LogP contribution in [0, 0.1) is 12.8 Å². The molecule has 2 rings (SSSR count). The molecule has 0 aromatic carbocycles. The lowest BCUT2D eigenvalue weighted by atomic mass is 10.2. The largest absolute Gasteiger partial charge is 0.455 e. The predicted molar refractivity (Wildman–Crippen MR) is 62.7 cm³/mol. The summed E-state index contributed by atoms with van der Waals surface area (Å²) in [4.78, 5) is 11.9. The molecule has 0 spiro atoms. The number of hydrogen-bond donors (Lipinski definition) is 0. The van der Waals surface area contributed by atoms with Crippen molar-refractivity contribution in [2.45, 2.75) is 52.7 Å². The van der Waals surface area contributed by atoms with Crippen LogP contribution in [0.15, 0.2) is 0 Å².